The van der Waals surface area contributed by atoms with Crippen molar-refractivity contribution in [2.75, 3.05) is 0 Å². The number of hydrogen-bond donors (Lipinski definition) is 1. The first-order valence-electron chi connectivity index (χ1n) is 5.84. The van der Waals surface area contributed by atoms with E-state index in [0.717, 1.165) is 9.33 Å². The molecular formula is C14H13ClINO2. The molecule has 0 radical (unpaired) electrons. The Morgan fingerprint density at radius 3 is 2.95 bits per heavy atom. The maximum Gasteiger partial charge on any atom is 0.252 e. The van der Waals surface area contributed by atoms with Crippen LogP contribution in [-0.4, -0.2) is 11.9 Å². The number of nitrogens with one attached hydrogen (secondary N) is 1. The molecule has 100 valence electrons. The molecule has 0 aliphatic carbocycles. The van der Waals surface area contributed by atoms with Crippen molar-refractivity contribution < 1.29 is 9.21 Å². The van der Waals surface area contributed by atoms with E-state index in [1.165, 1.54) is 0 Å². The molecule has 1 heterocycles. The van der Waals surface area contributed by atoms with Gasteiger partial charge in [0.25, 0.3) is 5.91 Å². The summed E-state index contributed by atoms with van der Waals surface area (Å²) in [4.78, 5) is 12.2. The SMILES string of the molecule is CC(Cc1ccco1)NC(=O)c1cc(Cl)ccc1I. The van der Waals surface area contributed by atoms with Gasteiger partial charge < -0.3 is 9.73 Å². The van der Waals surface area contributed by atoms with Gasteiger partial charge in [-0.25, -0.2) is 0 Å². The third-order valence-corrected chi connectivity index (χ3v) is 3.81. The average molecular weight is 390 g/mol. The van der Waals surface area contributed by atoms with E-state index in [0.29, 0.717) is 17.0 Å². The summed E-state index contributed by atoms with van der Waals surface area (Å²) < 4.78 is 6.14. The van der Waals surface area contributed by atoms with Crippen LogP contribution in [0, 0.1) is 3.57 Å². The number of carbonyl (C=O) groups excluding carboxylic acids is 1. The van der Waals surface area contributed by atoms with Crippen molar-refractivity contribution in [2.24, 2.45) is 0 Å². The van der Waals surface area contributed by atoms with Crippen LogP contribution in [-0.2, 0) is 6.42 Å². The zero-order valence-corrected chi connectivity index (χ0v) is 13.2. The summed E-state index contributed by atoms with van der Waals surface area (Å²) in [5.74, 6) is 0.736. The molecule has 1 unspecified atom stereocenters. The van der Waals surface area contributed by atoms with Gasteiger partial charge in [-0.3, -0.25) is 4.79 Å². The van der Waals surface area contributed by atoms with Gasteiger partial charge in [0.05, 0.1) is 11.8 Å². The molecule has 1 atom stereocenters. The van der Waals surface area contributed by atoms with Crippen LogP contribution >= 0.6 is 34.2 Å². The van der Waals surface area contributed by atoms with Crippen LogP contribution in [0.2, 0.25) is 5.02 Å². The number of hydrogen-bond acceptors (Lipinski definition) is 2. The number of halogens is 2. The molecule has 1 aromatic heterocycles. The zero-order valence-electron chi connectivity index (χ0n) is 10.3. The van der Waals surface area contributed by atoms with E-state index in [9.17, 15) is 4.79 Å². The zero-order chi connectivity index (χ0) is 13.8. The largest absolute Gasteiger partial charge is 0.469 e. The molecule has 0 aliphatic heterocycles. The van der Waals surface area contributed by atoms with Crippen molar-refractivity contribution in [3.8, 4) is 0 Å². The lowest BCUT2D eigenvalue weighted by molar-refractivity contribution is 0.0938. The predicted molar refractivity (Wildman–Crippen MR) is 83.5 cm³/mol. The Hall–Kier alpha value is -1.01. The summed E-state index contributed by atoms with van der Waals surface area (Å²) in [7, 11) is 0. The molecule has 19 heavy (non-hydrogen) atoms. The highest BCUT2D eigenvalue weighted by Gasteiger charge is 2.14. The van der Waals surface area contributed by atoms with Gasteiger partial charge in [0.15, 0.2) is 0 Å². The predicted octanol–water partition coefficient (Wildman–Crippen LogP) is 3.90. The molecule has 3 nitrogen and oxygen atoms in total. The lowest BCUT2D eigenvalue weighted by atomic mass is 10.1. The molecule has 1 N–H and O–H groups in total. The van der Waals surface area contributed by atoms with E-state index in [4.69, 9.17) is 16.0 Å². The Balaban J connectivity index is 2.02. The second-order valence-electron chi connectivity index (χ2n) is 4.28. The van der Waals surface area contributed by atoms with Gasteiger partial charge in [-0.05, 0) is 59.8 Å². The van der Waals surface area contributed by atoms with Gasteiger partial charge in [0.1, 0.15) is 5.76 Å². The Kier molecular flexibility index (Phi) is 4.87. The van der Waals surface area contributed by atoms with Gasteiger partial charge in [-0.15, -0.1) is 0 Å². The van der Waals surface area contributed by atoms with E-state index in [2.05, 4.69) is 27.9 Å². The summed E-state index contributed by atoms with van der Waals surface area (Å²) >= 11 is 8.04. The molecule has 2 aromatic rings. The standard InChI is InChI=1S/C14H13ClINO2/c1-9(7-11-3-2-6-19-11)17-14(18)12-8-10(15)4-5-13(12)16/h2-6,8-9H,7H2,1H3,(H,17,18). The van der Waals surface area contributed by atoms with Crippen LogP contribution in [0.25, 0.3) is 0 Å². The highest BCUT2D eigenvalue weighted by atomic mass is 127. The fourth-order valence-electron chi connectivity index (χ4n) is 1.75. The van der Waals surface area contributed by atoms with Crippen molar-refractivity contribution in [1.29, 1.82) is 0 Å². The number of amides is 1. The van der Waals surface area contributed by atoms with Gasteiger partial charge in [0.2, 0.25) is 0 Å². The molecule has 0 saturated carbocycles. The molecule has 0 aliphatic rings. The summed E-state index contributed by atoms with van der Waals surface area (Å²) in [5.41, 5.74) is 0.597. The average Bonchev–Trinajstić information content (AvgIpc) is 2.84. The van der Waals surface area contributed by atoms with Crippen molar-refractivity contribution in [3.05, 3.63) is 56.5 Å². The van der Waals surface area contributed by atoms with Gasteiger partial charge in [0, 0.05) is 21.1 Å². The minimum atomic E-state index is -0.119. The normalized spacial score (nSPS) is 12.2. The summed E-state index contributed by atoms with van der Waals surface area (Å²) in [5, 5.41) is 3.50. The van der Waals surface area contributed by atoms with Gasteiger partial charge >= 0.3 is 0 Å². The Bertz CT molecular complexity index is 569. The van der Waals surface area contributed by atoms with Crippen LogP contribution in [0.3, 0.4) is 0 Å². The summed E-state index contributed by atoms with van der Waals surface area (Å²) in [6, 6.07) is 9.00. The van der Waals surface area contributed by atoms with Crippen LogP contribution in [0.5, 0.6) is 0 Å². The first-order valence-corrected chi connectivity index (χ1v) is 7.30. The maximum atomic E-state index is 12.2. The van der Waals surface area contributed by atoms with E-state index in [-0.39, 0.29) is 11.9 Å². The third kappa shape index (κ3) is 3.98. The molecule has 1 aromatic carbocycles. The van der Waals surface area contributed by atoms with Crippen molar-refractivity contribution in [3.63, 3.8) is 0 Å². The van der Waals surface area contributed by atoms with Crippen LogP contribution in [0.1, 0.15) is 23.0 Å². The highest BCUT2D eigenvalue weighted by Crippen LogP contribution is 2.18. The quantitative estimate of drug-likeness (QED) is 0.806. The second-order valence-corrected chi connectivity index (χ2v) is 5.88. The Labute approximate surface area is 130 Å². The van der Waals surface area contributed by atoms with Gasteiger partial charge in [-0.2, -0.15) is 0 Å². The molecule has 0 bridgehead atoms. The Morgan fingerprint density at radius 2 is 2.26 bits per heavy atom. The summed E-state index contributed by atoms with van der Waals surface area (Å²) in [6.45, 7) is 1.94. The monoisotopic (exact) mass is 389 g/mol. The smallest absolute Gasteiger partial charge is 0.252 e. The number of carbonyl (C=O) groups is 1. The van der Waals surface area contributed by atoms with E-state index in [1.54, 1.807) is 18.4 Å². The number of furan rings is 1. The molecule has 5 heteroatoms. The molecule has 0 saturated heterocycles. The van der Waals surface area contributed by atoms with Crippen LogP contribution < -0.4 is 5.32 Å². The number of benzene rings is 1. The lowest BCUT2D eigenvalue weighted by Gasteiger charge is -2.13. The van der Waals surface area contributed by atoms with Crippen molar-refractivity contribution in [2.45, 2.75) is 19.4 Å². The Morgan fingerprint density at radius 1 is 1.47 bits per heavy atom. The molecule has 0 fully saturated rings. The fourth-order valence-corrected chi connectivity index (χ4v) is 2.51. The van der Waals surface area contributed by atoms with Crippen LogP contribution in [0.4, 0.5) is 0 Å². The van der Waals surface area contributed by atoms with Crippen LogP contribution in [0.15, 0.2) is 41.0 Å². The van der Waals surface area contributed by atoms with Crippen molar-refractivity contribution in [1.82, 2.24) is 5.32 Å². The fraction of sp³-hybridized carbons (Fsp3) is 0.214. The summed E-state index contributed by atoms with van der Waals surface area (Å²) in [6.07, 6.45) is 2.29. The van der Waals surface area contributed by atoms with E-state index in [1.807, 2.05) is 25.1 Å². The second kappa shape index (κ2) is 6.43. The third-order valence-electron chi connectivity index (χ3n) is 2.64. The minimum absolute atomic E-state index is 0.00608. The maximum absolute atomic E-state index is 12.2. The first kappa shape index (κ1) is 14.4. The molecule has 2 rings (SSSR count). The molecule has 1 amide bonds. The first-order chi connectivity index (χ1) is 9.06. The minimum Gasteiger partial charge on any atom is -0.469 e. The van der Waals surface area contributed by atoms with Gasteiger partial charge in [-0.1, -0.05) is 11.6 Å². The van der Waals surface area contributed by atoms with Crippen molar-refractivity contribution >= 4 is 40.1 Å². The highest BCUT2D eigenvalue weighted by molar-refractivity contribution is 14.1. The number of rotatable bonds is 4. The van der Waals surface area contributed by atoms with E-state index < -0.39 is 0 Å². The molecular weight excluding hydrogens is 377 g/mol. The topological polar surface area (TPSA) is 42.2 Å². The lowest BCUT2D eigenvalue weighted by Crippen LogP contribution is -2.34. The molecule has 0 spiro atoms. The van der Waals surface area contributed by atoms with E-state index >= 15 is 0 Å².